The van der Waals surface area contributed by atoms with Crippen LogP contribution in [0.5, 0.6) is 0 Å². The van der Waals surface area contributed by atoms with Crippen LogP contribution in [0, 0.1) is 11.3 Å². The van der Waals surface area contributed by atoms with Crippen molar-refractivity contribution in [2.75, 3.05) is 4.72 Å². The summed E-state index contributed by atoms with van der Waals surface area (Å²) in [6.45, 7) is 0. The average Bonchev–Trinajstić information content (AvgIpc) is 2.70. The van der Waals surface area contributed by atoms with Crippen LogP contribution in [-0.4, -0.2) is 8.42 Å². The normalized spacial score (nSPS) is 11.1. The summed E-state index contributed by atoms with van der Waals surface area (Å²) in [7, 11) is -3.78. The lowest BCUT2D eigenvalue weighted by Crippen LogP contribution is -2.12. The van der Waals surface area contributed by atoms with Gasteiger partial charge in [0.1, 0.15) is 10.3 Å². The Kier molecular flexibility index (Phi) is 4.76. The maximum atomic E-state index is 12.2. The lowest BCUT2D eigenvalue weighted by molar-refractivity contribution is 0.603. The standard InChI is InChI=1S/C11H5Br2ClN2O2S2/c12-7-2-1-6(5-15)9(3-7)16-20(17,18)10-4-8(14)11(13)19-10/h1-4,16H. The molecule has 104 valence electrons. The van der Waals surface area contributed by atoms with Gasteiger partial charge in [-0.1, -0.05) is 27.5 Å². The first kappa shape index (κ1) is 15.8. The lowest BCUT2D eigenvalue weighted by Gasteiger charge is -2.08. The van der Waals surface area contributed by atoms with Crippen molar-refractivity contribution >= 4 is 70.5 Å². The first-order chi connectivity index (χ1) is 9.33. The van der Waals surface area contributed by atoms with Crippen LogP contribution in [0.25, 0.3) is 0 Å². The Hall–Kier alpha value is -0.590. The number of nitriles is 1. The summed E-state index contributed by atoms with van der Waals surface area (Å²) in [5.41, 5.74) is 0.445. The molecule has 0 spiro atoms. The average molecular weight is 457 g/mol. The molecule has 0 unspecified atom stereocenters. The summed E-state index contributed by atoms with van der Waals surface area (Å²) in [5, 5.41) is 9.32. The van der Waals surface area contributed by atoms with Crippen molar-refractivity contribution < 1.29 is 8.42 Å². The van der Waals surface area contributed by atoms with Gasteiger partial charge in [0, 0.05) is 4.47 Å². The Morgan fingerprint density at radius 2 is 2.00 bits per heavy atom. The number of sulfonamides is 1. The molecule has 2 aromatic rings. The van der Waals surface area contributed by atoms with E-state index in [1.54, 1.807) is 6.07 Å². The summed E-state index contributed by atoms with van der Waals surface area (Å²) in [4.78, 5) is 0. The number of rotatable bonds is 3. The van der Waals surface area contributed by atoms with E-state index in [-0.39, 0.29) is 15.5 Å². The predicted octanol–water partition coefficient (Wildman–Crippen LogP) is 4.60. The molecule has 0 aliphatic heterocycles. The summed E-state index contributed by atoms with van der Waals surface area (Å²) in [5.74, 6) is 0. The van der Waals surface area contributed by atoms with Gasteiger partial charge in [0.15, 0.2) is 0 Å². The van der Waals surface area contributed by atoms with Crippen LogP contribution in [0.1, 0.15) is 5.56 Å². The number of anilines is 1. The number of nitrogens with zero attached hydrogens (tertiary/aromatic N) is 1. The molecule has 0 atom stereocenters. The highest BCUT2D eigenvalue weighted by molar-refractivity contribution is 9.11. The van der Waals surface area contributed by atoms with E-state index in [1.165, 1.54) is 18.2 Å². The van der Waals surface area contributed by atoms with Crippen molar-refractivity contribution in [3.8, 4) is 6.07 Å². The number of nitrogens with one attached hydrogen (secondary N) is 1. The summed E-state index contributed by atoms with van der Waals surface area (Å²) >= 11 is 13.2. The van der Waals surface area contributed by atoms with Gasteiger partial charge in [-0.05, 0) is 40.2 Å². The minimum atomic E-state index is -3.78. The Bertz CT molecular complexity index is 793. The zero-order valence-electron chi connectivity index (χ0n) is 9.52. The Balaban J connectivity index is 2.43. The number of hydrogen-bond donors (Lipinski definition) is 1. The number of thiophene rings is 1. The molecule has 0 amide bonds. The monoisotopic (exact) mass is 454 g/mol. The molecule has 20 heavy (non-hydrogen) atoms. The van der Waals surface area contributed by atoms with E-state index in [9.17, 15) is 8.42 Å². The van der Waals surface area contributed by atoms with Crippen LogP contribution in [-0.2, 0) is 10.0 Å². The van der Waals surface area contributed by atoms with Crippen LogP contribution in [0.4, 0.5) is 5.69 Å². The van der Waals surface area contributed by atoms with E-state index >= 15 is 0 Å². The zero-order chi connectivity index (χ0) is 14.9. The maximum Gasteiger partial charge on any atom is 0.271 e. The third-order valence-corrected chi connectivity index (χ3v) is 7.04. The molecule has 2 rings (SSSR count). The SMILES string of the molecule is N#Cc1ccc(Br)cc1NS(=O)(=O)c1cc(Cl)c(Br)s1. The van der Waals surface area contributed by atoms with Gasteiger partial charge in [-0.25, -0.2) is 8.42 Å². The molecule has 1 aromatic heterocycles. The second kappa shape index (κ2) is 6.03. The van der Waals surface area contributed by atoms with E-state index < -0.39 is 10.0 Å². The van der Waals surface area contributed by atoms with Gasteiger partial charge >= 0.3 is 0 Å². The predicted molar refractivity (Wildman–Crippen MR) is 86.7 cm³/mol. The molecule has 0 saturated heterocycles. The lowest BCUT2D eigenvalue weighted by atomic mass is 10.2. The molecule has 1 heterocycles. The quantitative estimate of drug-likeness (QED) is 0.734. The first-order valence-electron chi connectivity index (χ1n) is 5.01. The molecule has 4 nitrogen and oxygen atoms in total. The maximum absolute atomic E-state index is 12.2. The number of halogens is 3. The van der Waals surface area contributed by atoms with Crippen LogP contribution < -0.4 is 4.72 Å². The molecule has 0 fully saturated rings. The fourth-order valence-corrected chi connectivity index (χ4v) is 5.18. The Morgan fingerprint density at radius 1 is 1.30 bits per heavy atom. The Morgan fingerprint density at radius 3 is 2.55 bits per heavy atom. The van der Waals surface area contributed by atoms with Crippen LogP contribution in [0.15, 0.2) is 36.7 Å². The van der Waals surface area contributed by atoms with Crippen LogP contribution in [0.3, 0.4) is 0 Å². The second-order valence-corrected chi connectivity index (χ2v) is 9.20. The van der Waals surface area contributed by atoms with Gasteiger partial charge in [0.25, 0.3) is 10.0 Å². The van der Waals surface area contributed by atoms with Crippen LogP contribution in [0.2, 0.25) is 5.02 Å². The summed E-state index contributed by atoms with van der Waals surface area (Å²) in [6.07, 6.45) is 0. The molecule has 9 heteroatoms. The highest BCUT2D eigenvalue weighted by Gasteiger charge is 2.20. The van der Waals surface area contributed by atoms with E-state index in [2.05, 4.69) is 36.6 Å². The van der Waals surface area contributed by atoms with Crippen molar-refractivity contribution in [3.05, 3.63) is 43.1 Å². The molecule has 0 bridgehead atoms. The molecule has 1 aromatic carbocycles. The molecular formula is C11H5Br2ClN2O2S2. The topological polar surface area (TPSA) is 70.0 Å². The fraction of sp³-hybridized carbons (Fsp3) is 0. The highest BCUT2D eigenvalue weighted by Crippen LogP contribution is 2.35. The Labute approximate surface area is 141 Å². The largest absolute Gasteiger partial charge is 0.278 e. The van der Waals surface area contributed by atoms with Gasteiger partial charge in [-0.3, -0.25) is 4.72 Å². The molecule has 0 saturated carbocycles. The van der Waals surface area contributed by atoms with Crippen molar-refractivity contribution in [2.24, 2.45) is 0 Å². The van der Waals surface area contributed by atoms with E-state index in [0.29, 0.717) is 13.3 Å². The first-order valence-corrected chi connectivity index (χ1v) is 9.27. The van der Waals surface area contributed by atoms with E-state index in [1.807, 2.05) is 6.07 Å². The molecule has 1 N–H and O–H groups in total. The van der Waals surface area contributed by atoms with E-state index in [0.717, 1.165) is 11.3 Å². The third-order valence-electron chi connectivity index (χ3n) is 2.23. The van der Waals surface area contributed by atoms with Crippen molar-refractivity contribution in [1.82, 2.24) is 0 Å². The van der Waals surface area contributed by atoms with Crippen molar-refractivity contribution in [3.63, 3.8) is 0 Å². The minimum Gasteiger partial charge on any atom is -0.278 e. The molecule has 0 aliphatic carbocycles. The summed E-state index contributed by atoms with van der Waals surface area (Å²) in [6, 6.07) is 8.00. The number of benzene rings is 1. The minimum absolute atomic E-state index is 0.0678. The summed E-state index contributed by atoms with van der Waals surface area (Å²) < 4.78 is 28.1. The molecule has 0 aliphatic rings. The van der Waals surface area contributed by atoms with Gasteiger partial charge in [-0.2, -0.15) is 5.26 Å². The molecule has 0 radical (unpaired) electrons. The second-order valence-electron chi connectivity index (χ2n) is 3.59. The fourth-order valence-electron chi connectivity index (χ4n) is 1.35. The highest BCUT2D eigenvalue weighted by atomic mass is 79.9. The molecular weight excluding hydrogens is 452 g/mol. The third kappa shape index (κ3) is 3.35. The van der Waals surface area contributed by atoms with Gasteiger partial charge in [0.05, 0.1) is 20.1 Å². The van der Waals surface area contributed by atoms with Crippen molar-refractivity contribution in [2.45, 2.75) is 4.21 Å². The van der Waals surface area contributed by atoms with E-state index in [4.69, 9.17) is 16.9 Å². The van der Waals surface area contributed by atoms with Gasteiger partial charge < -0.3 is 0 Å². The van der Waals surface area contributed by atoms with Crippen LogP contribution >= 0.6 is 54.8 Å². The smallest absolute Gasteiger partial charge is 0.271 e. The zero-order valence-corrected chi connectivity index (χ0v) is 15.1. The van der Waals surface area contributed by atoms with Gasteiger partial charge in [0.2, 0.25) is 0 Å². The van der Waals surface area contributed by atoms with Crippen molar-refractivity contribution in [1.29, 1.82) is 5.26 Å². The van der Waals surface area contributed by atoms with Gasteiger partial charge in [-0.15, -0.1) is 11.3 Å². The number of hydrogen-bond acceptors (Lipinski definition) is 4.